The number of fused-ring (bicyclic) bond motifs is 3. The molecule has 0 radical (unpaired) electrons. The Bertz CT molecular complexity index is 1290. The fourth-order valence-corrected chi connectivity index (χ4v) is 3.72. The van der Waals surface area contributed by atoms with Gasteiger partial charge in [-0.15, -0.1) is 0 Å². The summed E-state index contributed by atoms with van der Waals surface area (Å²) >= 11 is 6.45. The number of benzene rings is 2. The van der Waals surface area contributed by atoms with Crippen LogP contribution in [0.2, 0.25) is 5.02 Å². The highest BCUT2D eigenvalue weighted by molar-refractivity contribution is 6.32. The van der Waals surface area contributed by atoms with E-state index in [-0.39, 0.29) is 0 Å². The number of nitrogens with one attached hydrogen (secondary N) is 1. The van der Waals surface area contributed by atoms with Gasteiger partial charge in [0.15, 0.2) is 5.82 Å². The van der Waals surface area contributed by atoms with Crippen molar-refractivity contribution < 1.29 is 9.47 Å². The molecule has 0 unspecified atom stereocenters. The van der Waals surface area contributed by atoms with Gasteiger partial charge in [0.2, 0.25) is 0 Å². The fraction of sp³-hybridized carbons (Fsp3) is 0.136. The molecule has 30 heavy (non-hydrogen) atoms. The maximum Gasteiger partial charge on any atom is 0.158 e. The molecule has 0 atom stereocenters. The number of ether oxygens (including phenoxy) is 2. The Morgan fingerprint density at radius 2 is 2.10 bits per heavy atom. The summed E-state index contributed by atoms with van der Waals surface area (Å²) in [5.41, 5.74) is 4.20. The van der Waals surface area contributed by atoms with Gasteiger partial charge in [-0.05, 0) is 42.5 Å². The van der Waals surface area contributed by atoms with Gasteiger partial charge in [-0.1, -0.05) is 17.7 Å². The van der Waals surface area contributed by atoms with Gasteiger partial charge in [-0.2, -0.15) is 5.26 Å². The highest BCUT2D eigenvalue weighted by atomic mass is 35.5. The van der Waals surface area contributed by atoms with Crippen LogP contribution in [0.3, 0.4) is 0 Å². The van der Waals surface area contributed by atoms with E-state index < -0.39 is 0 Å². The zero-order valence-electron chi connectivity index (χ0n) is 15.8. The highest BCUT2D eigenvalue weighted by Gasteiger charge is 2.18. The molecule has 148 valence electrons. The lowest BCUT2D eigenvalue weighted by molar-refractivity contribution is 0.0865. The predicted octanol–water partition coefficient (Wildman–Crippen LogP) is 5.02. The Hall–Kier alpha value is -3.60. The van der Waals surface area contributed by atoms with Crippen molar-refractivity contribution in [2.75, 3.05) is 11.9 Å². The second-order valence-electron chi connectivity index (χ2n) is 6.81. The van der Waals surface area contributed by atoms with Gasteiger partial charge in [0.25, 0.3) is 0 Å². The van der Waals surface area contributed by atoms with Crippen LogP contribution in [0, 0.1) is 11.3 Å². The third-order valence-corrected chi connectivity index (χ3v) is 5.16. The van der Waals surface area contributed by atoms with Crippen molar-refractivity contribution in [1.29, 1.82) is 5.26 Å². The van der Waals surface area contributed by atoms with Crippen LogP contribution in [0.25, 0.3) is 11.0 Å². The maximum atomic E-state index is 9.03. The third-order valence-electron chi connectivity index (χ3n) is 4.87. The molecular formula is C22H16ClN5O2. The van der Waals surface area contributed by atoms with Crippen LogP contribution in [-0.2, 0) is 17.9 Å². The smallest absolute Gasteiger partial charge is 0.158 e. The summed E-state index contributed by atoms with van der Waals surface area (Å²) in [4.78, 5) is 8.82. The van der Waals surface area contributed by atoms with Gasteiger partial charge in [-0.25, -0.2) is 9.97 Å². The highest BCUT2D eigenvalue weighted by Crippen LogP contribution is 2.34. The quantitative estimate of drug-likeness (QED) is 0.501. The van der Waals surface area contributed by atoms with Crippen molar-refractivity contribution in [2.45, 2.75) is 13.2 Å². The van der Waals surface area contributed by atoms with E-state index in [0.717, 1.165) is 29.0 Å². The Balaban J connectivity index is 1.43. The van der Waals surface area contributed by atoms with Crippen molar-refractivity contribution >= 4 is 34.1 Å². The van der Waals surface area contributed by atoms with Gasteiger partial charge < -0.3 is 19.4 Å². The van der Waals surface area contributed by atoms with E-state index in [1.54, 1.807) is 42.7 Å². The molecule has 2 aromatic heterocycles. The van der Waals surface area contributed by atoms with E-state index in [1.807, 2.05) is 12.1 Å². The number of halogens is 1. The summed E-state index contributed by atoms with van der Waals surface area (Å²) in [7, 11) is 0. The minimum absolute atomic E-state index is 0.443. The SMILES string of the molecule is N#Cc1cccc(Oc2ccc(Nc3ncnc4cc5n(c34)CCOC5)cc2Cl)c1. The maximum absolute atomic E-state index is 9.03. The van der Waals surface area contributed by atoms with E-state index in [2.05, 4.69) is 25.9 Å². The van der Waals surface area contributed by atoms with Gasteiger partial charge in [0.1, 0.15) is 23.3 Å². The number of anilines is 2. The first-order valence-corrected chi connectivity index (χ1v) is 9.74. The molecular weight excluding hydrogens is 402 g/mol. The minimum atomic E-state index is 0.443. The van der Waals surface area contributed by atoms with Gasteiger partial charge in [0, 0.05) is 17.9 Å². The van der Waals surface area contributed by atoms with Crippen molar-refractivity contribution in [3.63, 3.8) is 0 Å². The summed E-state index contributed by atoms with van der Waals surface area (Å²) in [6.45, 7) is 1.99. The molecule has 7 nitrogen and oxygen atoms in total. The number of aromatic nitrogens is 3. The molecule has 5 rings (SSSR count). The molecule has 0 fully saturated rings. The first-order valence-electron chi connectivity index (χ1n) is 9.37. The van der Waals surface area contributed by atoms with E-state index in [1.165, 1.54) is 0 Å². The topological polar surface area (TPSA) is 85.0 Å². The molecule has 0 saturated carbocycles. The van der Waals surface area contributed by atoms with Crippen LogP contribution in [-0.4, -0.2) is 21.1 Å². The fourth-order valence-electron chi connectivity index (χ4n) is 3.50. The molecule has 0 aliphatic carbocycles. The van der Waals surface area contributed by atoms with E-state index in [9.17, 15) is 0 Å². The molecule has 2 aromatic carbocycles. The van der Waals surface area contributed by atoms with Gasteiger partial charge >= 0.3 is 0 Å². The Morgan fingerprint density at radius 1 is 1.17 bits per heavy atom. The van der Waals surface area contributed by atoms with Crippen molar-refractivity contribution in [1.82, 2.24) is 14.5 Å². The summed E-state index contributed by atoms with van der Waals surface area (Å²) in [5, 5.41) is 12.8. The molecule has 3 heterocycles. The molecule has 4 aromatic rings. The van der Waals surface area contributed by atoms with Gasteiger partial charge in [-0.3, -0.25) is 0 Å². The lowest BCUT2D eigenvalue weighted by atomic mass is 10.2. The zero-order valence-corrected chi connectivity index (χ0v) is 16.6. The van der Waals surface area contributed by atoms with E-state index >= 15 is 0 Å². The van der Waals surface area contributed by atoms with Crippen LogP contribution in [0.15, 0.2) is 54.9 Å². The second kappa shape index (κ2) is 7.67. The first-order chi connectivity index (χ1) is 14.7. The Kier molecular flexibility index (Phi) is 4.71. The lowest BCUT2D eigenvalue weighted by Crippen LogP contribution is -2.16. The Morgan fingerprint density at radius 3 is 2.97 bits per heavy atom. The number of hydrogen-bond donors (Lipinski definition) is 1. The van der Waals surface area contributed by atoms with Crippen LogP contribution < -0.4 is 10.1 Å². The largest absolute Gasteiger partial charge is 0.456 e. The molecule has 0 bridgehead atoms. The molecule has 0 saturated heterocycles. The molecule has 1 aliphatic rings. The van der Waals surface area contributed by atoms with Crippen LogP contribution in [0.5, 0.6) is 11.5 Å². The van der Waals surface area contributed by atoms with Crippen LogP contribution >= 0.6 is 11.6 Å². The zero-order chi connectivity index (χ0) is 20.5. The molecule has 0 spiro atoms. The Labute approximate surface area is 177 Å². The van der Waals surface area contributed by atoms with Crippen molar-refractivity contribution in [3.8, 4) is 17.6 Å². The third kappa shape index (κ3) is 3.43. The molecule has 1 N–H and O–H groups in total. The summed E-state index contributed by atoms with van der Waals surface area (Å²) < 4.78 is 13.6. The average molecular weight is 418 g/mol. The minimum Gasteiger partial charge on any atom is -0.456 e. The molecule has 8 heteroatoms. The lowest BCUT2D eigenvalue weighted by Gasteiger charge is -2.17. The van der Waals surface area contributed by atoms with Crippen LogP contribution in [0.1, 0.15) is 11.3 Å². The number of nitriles is 1. The summed E-state index contributed by atoms with van der Waals surface area (Å²) in [6, 6.07) is 16.5. The molecule has 0 amide bonds. The van der Waals surface area contributed by atoms with E-state index in [4.69, 9.17) is 26.3 Å². The predicted molar refractivity (Wildman–Crippen MR) is 113 cm³/mol. The van der Waals surface area contributed by atoms with E-state index in [0.29, 0.717) is 41.1 Å². The molecule has 1 aliphatic heterocycles. The summed E-state index contributed by atoms with van der Waals surface area (Å²) in [5.74, 6) is 1.76. The average Bonchev–Trinajstić information content (AvgIpc) is 3.15. The number of nitrogens with zero attached hydrogens (tertiary/aromatic N) is 4. The number of rotatable bonds is 4. The normalized spacial score (nSPS) is 12.9. The van der Waals surface area contributed by atoms with Crippen LogP contribution in [0.4, 0.5) is 11.5 Å². The first kappa shape index (κ1) is 18.4. The van der Waals surface area contributed by atoms with Gasteiger partial charge in [0.05, 0.1) is 35.4 Å². The standard InChI is InChI=1S/C22H16ClN5O2/c23-18-9-15(4-5-20(18)30-17-3-1-2-14(8-17)11-24)27-22-21-19(25-13-26-22)10-16-12-29-7-6-28(16)21/h1-5,8-10,13H,6-7,12H2,(H,25,26,27). The monoisotopic (exact) mass is 417 g/mol. The van der Waals surface area contributed by atoms with Crippen molar-refractivity contribution in [3.05, 3.63) is 71.1 Å². The van der Waals surface area contributed by atoms with Crippen molar-refractivity contribution in [2.24, 2.45) is 0 Å². The summed E-state index contributed by atoms with van der Waals surface area (Å²) in [6.07, 6.45) is 1.54. The second-order valence-corrected chi connectivity index (χ2v) is 7.22. The number of hydrogen-bond acceptors (Lipinski definition) is 6.